The van der Waals surface area contributed by atoms with Crippen molar-refractivity contribution in [1.82, 2.24) is 0 Å². The first-order valence-electron chi connectivity index (χ1n) is 4.31. The summed E-state index contributed by atoms with van der Waals surface area (Å²) < 4.78 is 9.82. The van der Waals surface area contributed by atoms with Crippen LogP contribution in [0.3, 0.4) is 0 Å². The highest BCUT2D eigenvalue weighted by atomic mass is 79.9. The van der Waals surface area contributed by atoms with Crippen molar-refractivity contribution >= 4 is 21.9 Å². The molecular formula is C9H15BrO4. The molecule has 1 unspecified atom stereocenters. The van der Waals surface area contributed by atoms with Crippen molar-refractivity contribution in [2.24, 2.45) is 0 Å². The molecule has 0 saturated heterocycles. The third kappa shape index (κ3) is 8.22. The fourth-order valence-corrected chi connectivity index (χ4v) is 0.844. The average Bonchev–Trinajstić information content (AvgIpc) is 2.22. The van der Waals surface area contributed by atoms with Crippen LogP contribution in [0.15, 0.2) is 12.7 Å². The van der Waals surface area contributed by atoms with Gasteiger partial charge in [-0.3, -0.25) is 0 Å². The fraction of sp³-hybridized carbons (Fsp3) is 0.667. The first-order valence-corrected chi connectivity index (χ1v) is 5.43. The number of alkyl halides is 1. The number of halogens is 1. The fourth-order valence-electron chi connectivity index (χ4n) is 0.657. The van der Waals surface area contributed by atoms with Crippen LogP contribution in [0.2, 0.25) is 0 Å². The Hall–Kier alpha value is -0.390. The van der Waals surface area contributed by atoms with E-state index in [9.17, 15) is 4.79 Å². The largest absolute Gasteiger partial charge is 0.462 e. The van der Waals surface area contributed by atoms with E-state index < -0.39 is 12.1 Å². The number of hydrogen-bond donors (Lipinski definition) is 1. The molecule has 82 valence electrons. The second-order valence-corrected chi connectivity index (χ2v) is 3.26. The molecule has 5 heteroatoms. The highest BCUT2D eigenvalue weighted by Crippen LogP contribution is 1.93. The van der Waals surface area contributed by atoms with Crippen molar-refractivity contribution < 1.29 is 19.4 Å². The molecule has 0 aliphatic carbocycles. The topological polar surface area (TPSA) is 55.8 Å². The van der Waals surface area contributed by atoms with Gasteiger partial charge in [-0.05, 0) is 0 Å². The van der Waals surface area contributed by atoms with Gasteiger partial charge in [0.25, 0.3) is 0 Å². The maximum atomic E-state index is 10.6. The summed E-state index contributed by atoms with van der Waals surface area (Å²) >= 11 is 3.12. The molecule has 1 atom stereocenters. The number of carbonyl (C=O) groups is 1. The van der Waals surface area contributed by atoms with Gasteiger partial charge < -0.3 is 14.6 Å². The lowest BCUT2D eigenvalue weighted by Crippen LogP contribution is -2.17. The SMILES string of the molecule is C=CC(=O)OCCCOCC(O)CBr. The van der Waals surface area contributed by atoms with Gasteiger partial charge >= 0.3 is 5.97 Å². The summed E-state index contributed by atoms with van der Waals surface area (Å²) in [5, 5.41) is 9.57. The predicted molar refractivity (Wildman–Crippen MR) is 56.4 cm³/mol. The number of aliphatic hydroxyl groups is 1. The summed E-state index contributed by atoms with van der Waals surface area (Å²) in [7, 11) is 0. The van der Waals surface area contributed by atoms with Gasteiger partial charge in [0, 0.05) is 24.4 Å². The lowest BCUT2D eigenvalue weighted by Gasteiger charge is -2.07. The summed E-state index contributed by atoms with van der Waals surface area (Å²) in [4.78, 5) is 10.6. The molecule has 0 aliphatic rings. The number of rotatable bonds is 8. The van der Waals surface area contributed by atoms with Crippen molar-refractivity contribution in [3.63, 3.8) is 0 Å². The number of carbonyl (C=O) groups excluding carboxylic acids is 1. The van der Waals surface area contributed by atoms with Gasteiger partial charge in [-0.25, -0.2) is 4.79 Å². The van der Waals surface area contributed by atoms with E-state index >= 15 is 0 Å². The smallest absolute Gasteiger partial charge is 0.330 e. The molecule has 0 aromatic carbocycles. The minimum Gasteiger partial charge on any atom is -0.462 e. The second kappa shape index (κ2) is 9.18. The van der Waals surface area contributed by atoms with E-state index in [0.717, 1.165) is 6.08 Å². The summed E-state index contributed by atoms with van der Waals surface area (Å²) in [5.74, 6) is -0.425. The van der Waals surface area contributed by atoms with Gasteiger partial charge in [0.2, 0.25) is 0 Å². The Bertz CT molecular complexity index is 172. The average molecular weight is 267 g/mol. The van der Waals surface area contributed by atoms with Gasteiger partial charge in [0.1, 0.15) is 0 Å². The van der Waals surface area contributed by atoms with Crippen molar-refractivity contribution in [2.75, 3.05) is 25.2 Å². The Kier molecular flexibility index (Phi) is 8.92. The molecule has 0 radical (unpaired) electrons. The van der Waals surface area contributed by atoms with Crippen LogP contribution in [0.5, 0.6) is 0 Å². The summed E-state index contributed by atoms with van der Waals surface area (Å²) in [6.45, 7) is 4.34. The molecule has 4 nitrogen and oxygen atoms in total. The first-order chi connectivity index (χ1) is 6.70. The van der Waals surface area contributed by atoms with E-state index in [4.69, 9.17) is 14.6 Å². The highest BCUT2D eigenvalue weighted by Gasteiger charge is 2.01. The Balaban J connectivity index is 3.14. The predicted octanol–water partition coefficient (Wildman–Crippen LogP) is 0.878. The monoisotopic (exact) mass is 266 g/mol. The van der Waals surface area contributed by atoms with Crippen LogP contribution in [0.25, 0.3) is 0 Å². The molecule has 0 amide bonds. The van der Waals surface area contributed by atoms with Crippen molar-refractivity contribution in [3.8, 4) is 0 Å². The molecule has 0 heterocycles. The molecule has 0 spiro atoms. The van der Waals surface area contributed by atoms with E-state index in [-0.39, 0.29) is 0 Å². The van der Waals surface area contributed by atoms with Crippen LogP contribution in [0, 0.1) is 0 Å². The van der Waals surface area contributed by atoms with E-state index in [1.165, 1.54) is 0 Å². The van der Waals surface area contributed by atoms with Crippen molar-refractivity contribution in [3.05, 3.63) is 12.7 Å². The summed E-state index contributed by atoms with van der Waals surface area (Å²) in [5.41, 5.74) is 0. The molecule has 0 aromatic rings. The van der Waals surface area contributed by atoms with Crippen molar-refractivity contribution in [2.45, 2.75) is 12.5 Å². The third-order valence-electron chi connectivity index (χ3n) is 1.33. The number of ether oxygens (including phenoxy) is 2. The molecule has 0 aromatic heterocycles. The van der Waals surface area contributed by atoms with Crippen LogP contribution >= 0.6 is 15.9 Å². The standard InChI is InChI=1S/C9H15BrO4/c1-2-9(12)14-5-3-4-13-7-8(11)6-10/h2,8,11H,1,3-7H2. The van der Waals surface area contributed by atoms with Gasteiger partial charge in [0.05, 0.1) is 19.3 Å². The van der Waals surface area contributed by atoms with Gasteiger partial charge in [0.15, 0.2) is 0 Å². The van der Waals surface area contributed by atoms with Crippen LogP contribution in [-0.2, 0) is 14.3 Å². The Morgan fingerprint density at radius 1 is 1.57 bits per heavy atom. The van der Waals surface area contributed by atoms with Crippen LogP contribution in [-0.4, -0.2) is 42.3 Å². The molecule has 0 aliphatic heterocycles. The van der Waals surface area contributed by atoms with Gasteiger partial charge in [-0.15, -0.1) is 0 Å². The number of hydrogen-bond acceptors (Lipinski definition) is 4. The van der Waals surface area contributed by atoms with Crippen LogP contribution in [0.1, 0.15) is 6.42 Å². The molecular weight excluding hydrogens is 252 g/mol. The molecule has 0 fully saturated rings. The molecule has 14 heavy (non-hydrogen) atoms. The lowest BCUT2D eigenvalue weighted by atomic mass is 10.4. The third-order valence-corrected chi connectivity index (χ3v) is 2.08. The molecule has 1 N–H and O–H groups in total. The minimum absolute atomic E-state index is 0.292. The van der Waals surface area contributed by atoms with Gasteiger partial charge in [-0.1, -0.05) is 22.5 Å². The maximum Gasteiger partial charge on any atom is 0.330 e. The lowest BCUT2D eigenvalue weighted by molar-refractivity contribution is -0.138. The zero-order valence-electron chi connectivity index (χ0n) is 7.95. The molecule has 0 bridgehead atoms. The molecule has 0 saturated carbocycles. The normalized spacial score (nSPS) is 12.1. The van der Waals surface area contributed by atoms with E-state index in [1.807, 2.05) is 0 Å². The van der Waals surface area contributed by atoms with Crippen LogP contribution in [0.4, 0.5) is 0 Å². The zero-order chi connectivity index (χ0) is 10.8. The maximum absolute atomic E-state index is 10.6. The van der Waals surface area contributed by atoms with E-state index in [2.05, 4.69) is 22.5 Å². The Morgan fingerprint density at radius 2 is 2.29 bits per heavy atom. The Morgan fingerprint density at radius 3 is 2.86 bits per heavy atom. The Labute approximate surface area is 92.0 Å². The van der Waals surface area contributed by atoms with Crippen molar-refractivity contribution in [1.29, 1.82) is 0 Å². The summed E-state index contributed by atoms with van der Waals surface area (Å²) in [6.07, 6.45) is 1.26. The van der Waals surface area contributed by atoms with Crippen LogP contribution < -0.4 is 0 Å². The number of esters is 1. The highest BCUT2D eigenvalue weighted by molar-refractivity contribution is 9.09. The van der Waals surface area contributed by atoms with Gasteiger partial charge in [-0.2, -0.15) is 0 Å². The molecule has 0 rings (SSSR count). The zero-order valence-corrected chi connectivity index (χ0v) is 9.53. The number of aliphatic hydroxyl groups excluding tert-OH is 1. The van der Waals surface area contributed by atoms with E-state index in [0.29, 0.717) is 31.6 Å². The summed E-state index contributed by atoms with van der Waals surface area (Å²) in [6, 6.07) is 0. The second-order valence-electron chi connectivity index (χ2n) is 2.61. The first kappa shape index (κ1) is 13.6. The quantitative estimate of drug-likeness (QED) is 0.307. The van der Waals surface area contributed by atoms with E-state index in [1.54, 1.807) is 0 Å². The minimum atomic E-state index is -0.481.